The van der Waals surface area contributed by atoms with Crippen LogP contribution in [-0.2, 0) is 11.2 Å². The number of hydrogen-bond acceptors (Lipinski definition) is 3. The van der Waals surface area contributed by atoms with Crippen LogP contribution in [0.25, 0.3) is 0 Å². The van der Waals surface area contributed by atoms with Crippen LogP contribution in [0.3, 0.4) is 0 Å². The van der Waals surface area contributed by atoms with E-state index < -0.39 is 0 Å². The molecular weight excluding hydrogens is 240 g/mol. The number of fused-ring (bicyclic) bond motifs is 1. The molecule has 0 spiro atoms. The third-order valence-corrected chi connectivity index (χ3v) is 4.09. The lowest BCUT2D eigenvalue weighted by Crippen LogP contribution is -2.26. The van der Waals surface area contributed by atoms with E-state index in [0.29, 0.717) is 25.9 Å². The Morgan fingerprint density at radius 1 is 1.26 bits per heavy atom. The van der Waals surface area contributed by atoms with Gasteiger partial charge in [-0.3, -0.25) is 9.59 Å². The molecule has 4 heteroatoms. The molecule has 4 nitrogen and oxygen atoms in total. The molecule has 1 unspecified atom stereocenters. The van der Waals surface area contributed by atoms with Crippen LogP contribution in [0.1, 0.15) is 35.2 Å². The molecule has 1 aromatic rings. The van der Waals surface area contributed by atoms with Crippen LogP contribution >= 0.6 is 0 Å². The summed E-state index contributed by atoms with van der Waals surface area (Å²) >= 11 is 0. The molecule has 1 aliphatic carbocycles. The van der Waals surface area contributed by atoms with Crippen molar-refractivity contribution < 1.29 is 9.59 Å². The van der Waals surface area contributed by atoms with Gasteiger partial charge in [-0.1, -0.05) is 6.07 Å². The summed E-state index contributed by atoms with van der Waals surface area (Å²) in [6, 6.07) is 5.83. The average Bonchev–Trinajstić information content (AvgIpc) is 2.80. The van der Waals surface area contributed by atoms with Crippen molar-refractivity contribution in [3.8, 4) is 0 Å². The summed E-state index contributed by atoms with van der Waals surface area (Å²) in [6.07, 6.45) is 3.03. The quantitative estimate of drug-likeness (QED) is 0.874. The fraction of sp³-hybridized carbons (Fsp3) is 0.467. The van der Waals surface area contributed by atoms with Gasteiger partial charge in [-0.15, -0.1) is 0 Å². The van der Waals surface area contributed by atoms with Gasteiger partial charge in [0.2, 0.25) is 5.91 Å². The van der Waals surface area contributed by atoms with E-state index in [9.17, 15) is 9.59 Å². The van der Waals surface area contributed by atoms with E-state index in [1.807, 2.05) is 18.2 Å². The number of benzene rings is 1. The molecule has 1 heterocycles. The molecule has 19 heavy (non-hydrogen) atoms. The van der Waals surface area contributed by atoms with Crippen molar-refractivity contribution in [1.29, 1.82) is 0 Å². The standard InChI is InChI=1S/C15H18N2O2/c16-8-10-6-15(19)17(9-10)12-5-4-11-2-1-3-14(18)13(11)7-12/h4-5,7,10H,1-3,6,8-9,16H2. The number of hydrogen-bond donors (Lipinski definition) is 1. The summed E-state index contributed by atoms with van der Waals surface area (Å²) in [4.78, 5) is 25.7. The van der Waals surface area contributed by atoms with Gasteiger partial charge in [-0.25, -0.2) is 0 Å². The van der Waals surface area contributed by atoms with Gasteiger partial charge in [0, 0.05) is 30.6 Å². The molecule has 0 bridgehead atoms. The summed E-state index contributed by atoms with van der Waals surface area (Å²) < 4.78 is 0. The monoisotopic (exact) mass is 258 g/mol. The van der Waals surface area contributed by atoms with E-state index in [2.05, 4.69) is 0 Å². The van der Waals surface area contributed by atoms with E-state index in [1.165, 1.54) is 0 Å². The van der Waals surface area contributed by atoms with Crippen molar-refractivity contribution >= 4 is 17.4 Å². The minimum absolute atomic E-state index is 0.110. The largest absolute Gasteiger partial charge is 0.330 e. The zero-order valence-corrected chi connectivity index (χ0v) is 10.9. The number of Topliss-reactive ketones (excluding diaryl/α,β-unsaturated/α-hetero) is 1. The highest BCUT2D eigenvalue weighted by Crippen LogP contribution is 2.29. The zero-order chi connectivity index (χ0) is 13.4. The van der Waals surface area contributed by atoms with Gasteiger partial charge >= 0.3 is 0 Å². The van der Waals surface area contributed by atoms with Gasteiger partial charge in [0.25, 0.3) is 0 Å². The molecule has 0 saturated carbocycles. The molecule has 2 N–H and O–H groups in total. The van der Waals surface area contributed by atoms with Crippen LogP contribution in [0.5, 0.6) is 0 Å². The fourth-order valence-corrected chi connectivity index (χ4v) is 2.97. The van der Waals surface area contributed by atoms with Crippen molar-refractivity contribution in [2.75, 3.05) is 18.0 Å². The highest BCUT2D eigenvalue weighted by Gasteiger charge is 2.30. The Balaban J connectivity index is 1.92. The molecule has 3 rings (SSSR count). The van der Waals surface area contributed by atoms with E-state index in [0.717, 1.165) is 29.7 Å². The molecule has 1 aliphatic heterocycles. The number of anilines is 1. The first-order chi connectivity index (χ1) is 9.19. The Morgan fingerprint density at radius 3 is 2.84 bits per heavy atom. The number of carbonyl (C=O) groups is 2. The highest BCUT2D eigenvalue weighted by molar-refractivity contribution is 6.01. The van der Waals surface area contributed by atoms with Gasteiger partial charge in [0.1, 0.15) is 0 Å². The smallest absolute Gasteiger partial charge is 0.227 e. The van der Waals surface area contributed by atoms with E-state index in [-0.39, 0.29) is 17.6 Å². The summed E-state index contributed by atoms with van der Waals surface area (Å²) in [5, 5.41) is 0. The third-order valence-electron chi connectivity index (χ3n) is 4.09. The fourth-order valence-electron chi connectivity index (χ4n) is 2.97. The first-order valence-electron chi connectivity index (χ1n) is 6.85. The van der Waals surface area contributed by atoms with Gasteiger partial charge in [-0.2, -0.15) is 0 Å². The molecular formula is C15H18N2O2. The van der Waals surface area contributed by atoms with Crippen molar-refractivity contribution in [2.45, 2.75) is 25.7 Å². The molecule has 1 aromatic carbocycles. The Morgan fingerprint density at radius 2 is 2.11 bits per heavy atom. The maximum absolute atomic E-state index is 12.0. The summed E-state index contributed by atoms with van der Waals surface area (Å²) in [5.41, 5.74) is 8.39. The maximum Gasteiger partial charge on any atom is 0.227 e. The third kappa shape index (κ3) is 2.16. The van der Waals surface area contributed by atoms with Gasteiger partial charge in [0.15, 0.2) is 5.78 Å². The van der Waals surface area contributed by atoms with Crippen LogP contribution in [0.2, 0.25) is 0 Å². The van der Waals surface area contributed by atoms with Crippen LogP contribution < -0.4 is 10.6 Å². The van der Waals surface area contributed by atoms with Crippen molar-refractivity contribution in [1.82, 2.24) is 0 Å². The maximum atomic E-state index is 12.0. The van der Waals surface area contributed by atoms with Gasteiger partial charge in [0.05, 0.1) is 0 Å². The predicted molar refractivity (Wildman–Crippen MR) is 73.2 cm³/mol. The Kier molecular flexibility index (Phi) is 3.11. The van der Waals surface area contributed by atoms with Crippen LogP contribution in [-0.4, -0.2) is 24.8 Å². The predicted octanol–water partition coefficient (Wildman–Crippen LogP) is 1.52. The minimum Gasteiger partial charge on any atom is -0.330 e. The molecule has 100 valence electrons. The summed E-state index contributed by atoms with van der Waals surface area (Å²) in [5.74, 6) is 0.544. The van der Waals surface area contributed by atoms with Crippen molar-refractivity contribution in [3.63, 3.8) is 0 Å². The normalized spacial score (nSPS) is 22.8. The molecule has 1 atom stereocenters. The Bertz CT molecular complexity index is 539. The average molecular weight is 258 g/mol. The lowest BCUT2D eigenvalue weighted by Gasteiger charge is -2.20. The van der Waals surface area contributed by atoms with Crippen molar-refractivity contribution in [3.05, 3.63) is 29.3 Å². The molecule has 1 saturated heterocycles. The molecule has 1 fully saturated rings. The second kappa shape index (κ2) is 4.78. The van der Waals surface area contributed by atoms with Crippen LogP contribution in [0.4, 0.5) is 5.69 Å². The molecule has 0 aromatic heterocycles. The number of rotatable bonds is 2. The first-order valence-corrected chi connectivity index (χ1v) is 6.85. The van der Waals surface area contributed by atoms with E-state index in [4.69, 9.17) is 5.73 Å². The lowest BCUT2D eigenvalue weighted by atomic mass is 9.90. The zero-order valence-electron chi connectivity index (χ0n) is 10.9. The number of carbonyl (C=O) groups excluding carboxylic acids is 2. The lowest BCUT2D eigenvalue weighted by molar-refractivity contribution is -0.117. The SMILES string of the molecule is NCC1CC(=O)N(c2ccc3c(c2)C(=O)CCC3)C1. The van der Waals surface area contributed by atoms with Gasteiger partial charge in [-0.05, 0) is 43.0 Å². The Labute approximate surface area is 112 Å². The minimum atomic E-state index is 0.110. The number of nitrogens with zero attached hydrogens (tertiary/aromatic N) is 1. The van der Waals surface area contributed by atoms with Gasteiger partial charge < -0.3 is 10.6 Å². The van der Waals surface area contributed by atoms with E-state index >= 15 is 0 Å². The van der Waals surface area contributed by atoms with E-state index in [1.54, 1.807) is 4.90 Å². The second-order valence-electron chi connectivity index (χ2n) is 5.43. The number of nitrogens with two attached hydrogens (primary N) is 1. The second-order valence-corrected chi connectivity index (χ2v) is 5.43. The number of ketones is 1. The highest BCUT2D eigenvalue weighted by atomic mass is 16.2. The topological polar surface area (TPSA) is 63.4 Å². The van der Waals surface area contributed by atoms with Crippen LogP contribution in [0.15, 0.2) is 18.2 Å². The first kappa shape index (κ1) is 12.4. The molecule has 1 amide bonds. The van der Waals surface area contributed by atoms with Crippen molar-refractivity contribution in [2.24, 2.45) is 11.7 Å². The number of amides is 1. The molecule has 0 radical (unpaired) electrons. The molecule has 2 aliphatic rings. The summed E-state index contributed by atoms with van der Waals surface area (Å²) in [7, 11) is 0. The van der Waals surface area contributed by atoms with Crippen LogP contribution in [0, 0.1) is 5.92 Å². The number of aryl methyl sites for hydroxylation is 1. The Hall–Kier alpha value is -1.68. The summed E-state index contributed by atoms with van der Waals surface area (Å²) in [6.45, 7) is 1.20.